The Morgan fingerprint density at radius 3 is 2.71 bits per heavy atom. The van der Waals surface area contributed by atoms with Crippen LogP contribution in [0, 0.1) is 0 Å². The summed E-state index contributed by atoms with van der Waals surface area (Å²) in [6, 6.07) is 9.83. The zero-order valence-corrected chi connectivity index (χ0v) is 10.7. The quantitative estimate of drug-likeness (QED) is 0.757. The molecule has 0 aliphatic heterocycles. The summed E-state index contributed by atoms with van der Waals surface area (Å²) in [5.41, 5.74) is 1.16. The van der Waals surface area contributed by atoms with Crippen LogP contribution in [0.4, 0.5) is 0 Å². The summed E-state index contributed by atoms with van der Waals surface area (Å²) in [5, 5.41) is 2.84. The van der Waals surface area contributed by atoms with Crippen molar-refractivity contribution in [3.8, 4) is 0 Å². The first-order valence-electron chi connectivity index (χ1n) is 5.64. The Bertz CT molecular complexity index is 329. The van der Waals surface area contributed by atoms with E-state index in [-0.39, 0.29) is 11.9 Å². The van der Waals surface area contributed by atoms with Crippen LogP contribution < -0.4 is 5.32 Å². The fraction of sp³-hybridized carbons (Fsp3) is 0.462. The fourth-order valence-electron chi connectivity index (χ4n) is 1.53. The first-order valence-corrected chi connectivity index (χ1v) is 6.18. The monoisotopic (exact) mass is 255 g/mol. The standard InChI is InChI=1S/C13H18ClNO2/c1-17-10-12(9-14)15-13(16)8-7-11-5-3-2-4-6-11/h2-6,12H,7-10H2,1H3,(H,15,16). The molecule has 0 spiro atoms. The lowest BCUT2D eigenvalue weighted by Gasteiger charge is -2.14. The summed E-state index contributed by atoms with van der Waals surface area (Å²) in [6.45, 7) is 0.445. The molecule has 17 heavy (non-hydrogen) atoms. The summed E-state index contributed by atoms with van der Waals surface area (Å²) in [4.78, 5) is 11.6. The molecule has 0 saturated carbocycles. The highest BCUT2D eigenvalue weighted by Gasteiger charge is 2.10. The molecule has 0 saturated heterocycles. The Morgan fingerprint density at radius 2 is 2.12 bits per heavy atom. The zero-order valence-electron chi connectivity index (χ0n) is 9.99. The number of carbonyl (C=O) groups excluding carboxylic acids is 1. The Hall–Kier alpha value is -1.06. The molecule has 0 aliphatic carbocycles. The SMILES string of the molecule is COCC(CCl)NC(=O)CCc1ccccc1. The molecular formula is C13H18ClNO2. The van der Waals surface area contributed by atoms with Crippen LogP contribution in [0.1, 0.15) is 12.0 Å². The third-order valence-corrected chi connectivity index (χ3v) is 2.78. The van der Waals surface area contributed by atoms with Crippen LogP contribution in [0.5, 0.6) is 0 Å². The Balaban J connectivity index is 2.30. The fourth-order valence-corrected chi connectivity index (χ4v) is 1.69. The molecule has 1 rings (SSSR count). The predicted octanol–water partition coefficient (Wildman–Crippen LogP) is 1.99. The molecule has 0 aromatic heterocycles. The molecule has 3 nitrogen and oxygen atoms in total. The number of benzene rings is 1. The van der Waals surface area contributed by atoms with Gasteiger partial charge in [-0.15, -0.1) is 11.6 Å². The van der Waals surface area contributed by atoms with Crippen LogP contribution in [0.2, 0.25) is 0 Å². The van der Waals surface area contributed by atoms with Crippen molar-refractivity contribution in [2.45, 2.75) is 18.9 Å². The van der Waals surface area contributed by atoms with Gasteiger partial charge in [0.15, 0.2) is 0 Å². The van der Waals surface area contributed by atoms with E-state index < -0.39 is 0 Å². The van der Waals surface area contributed by atoms with E-state index in [1.54, 1.807) is 7.11 Å². The molecule has 0 aliphatic rings. The lowest BCUT2D eigenvalue weighted by molar-refractivity contribution is -0.121. The molecule has 94 valence electrons. The number of alkyl halides is 1. The minimum atomic E-state index is -0.107. The van der Waals surface area contributed by atoms with Crippen molar-refractivity contribution in [1.82, 2.24) is 5.32 Å². The van der Waals surface area contributed by atoms with Gasteiger partial charge in [0, 0.05) is 19.4 Å². The smallest absolute Gasteiger partial charge is 0.220 e. The van der Waals surface area contributed by atoms with Gasteiger partial charge in [0.05, 0.1) is 12.6 Å². The van der Waals surface area contributed by atoms with E-state index >= 15 is 0 Å². The van der Waals surface area contributed by atoms with E-state index in [0.29, 0.717) is 18.9 Å². The molecule has 1 amide bonds. The number of hydrogen-bond acceptors (Lipinski definition) is 2. The molecule has 1 aromatic carbocycles. The maximum atomic E-state index is 11.6. The highest BCUT2D eigenvalue weighted by molar-refractivity contribution is 6.18. The van der Waals surface area contributed by atoms with Crippen molar-refractivity contribution >= 4 is 17.5 Å². The van der Waals surface area contributed by atoms with Gasteiger partial charge in [-0.3, -0.25) is 4.79 Å². The van der Waals surface area contributed by atoms with Gasteiger partial charge in [0.1, 0.15) is 0 Å². The highest BCUT2D eigenvalue weighted by atomic mass is 35.5. The van der Waals surface area contributed by atoms with E-state index in [1.165, 1.54) is 0 Å². The Kier molecular flexibility index (Phi) is 6.67. The van der Waals surface area contributed by atoms with Gasteiger partial charge in [0.25, 0.3) is 0 Å². The van der Waals surface area contributed by atoms with Crippen molar-refractivity contribution in [2.75, 3.05) is 19.6 Å². The summed E-state index contributed by atoms with van der Waals surface area (Å²) in [7, 11) is 1.59. The number of methoxy groups -OCH3 is 1. The van der Waals surface area contributed by atoms with E-state index in [1.807, 2.05) is 30.3 Å². The summed E-state index contributed by atoms with van der Waals surface area (Å²) in [6.07, 6.45) is 1.22. The van der Waals surface area contributed by atoms with Crippen molar-refractivity contribution in [2.24, 2.45) is 0 Å². The average Bonchev–Trinajstić information content (AvgIpc) is 2.37. The molecule has 0 radical (unpaired) electrons. The molecule has 0 heterocycles. The molecule has 1 aromatic rings. The molecule has 1 N–H and O–H groups in total. The molecule has 1 atom stereocenters. The van der Waals surface area contributed by atoms with Crippen molar-refractivity contribution in [3.63, 3.8) is 0 Å². The van der Waals surface area contributed by atoms with Gasteiger partial charge in [-0.1, -0.05) is 30.3 Å². The number of ether oxygens (including phenoxy) is 1. The van der Waals surface area contributed by atoms with Crippen LogP contribution in [0.15, 0.2) is 30.3 Å². The van der Waals surface area contributed by atoms with Gasteiger partial charge in [-0.2, -0.15) is 0 Å². The summed E-state index contributed by atoms with van der Waals surface area (Å²) in [5.74, 6) is 0.377. The van der Waals surface area contributed by atoms with Crippen LogP contribution in [-0.4, -0.2) is 31.5 Å². The maximum Gasteiger partial charge on any atom is 0.220 e. The number of aryl methyl sites for hydroxylation is 1. The lowest BCUT2D eigenvalue weighted by atomic mass is 10.1. The number of hydrogen-bond donors (Lipinski definition) is 1. The third kappa shape index (κ3) is 5.71. The third-order valence-electron chi connectivity index (χ3n) is 2.40. The topological polar surface area (TPSA) is 38.3 Å². The second kappa shape index (κ2) is 8.09. The van der Waals surface area contributed by atoms with E-state index in [0.717, 1.165) is 12.0 Å². The number of halogens is 1. The lowest BCUT2D eigenvalue weighted by Crippen LogP contribution is -2.39. The van der Waals surface area contributed by atoms with Crippen molar-refractivity contribution in [3.05, 3.63) is 35.9 Å². The normalized spacial score (nSPS) is 12.1. The molecular weight excluding hydrogens is 238 g/mol. The number of nitrogens with one attached hydrogen (secondary N) is 1. The summed E-state index contributed by atoms with van der Waals surface area (Å²) < 4.78 is 4.96. The van der Waals surface area contributed by atoms with Crippen LogP contribution >= 0.6 is 11.6 Å². The molecule has 0 fully saturated rings. The minimum Gasteiger partial charge on any atom is -0.383 e. The van der Waals surface area contributed by atoms with Gasteiger partial charge in [-0.25, -0.2) is 0 Å². The van der Waals surface area contributed by atoms with E-state index in [2.05, 4.69) is 5.32 Å². The highest BCUT2D eigenvalue weighted by Crippen LogP contribution is 2.02. The molecule has 4 heteroatoms. The van der Waals surface area contributed by atoms with E-state index in [4.69, 9.17) is 16.3 Å². The number of amides is 1. The largest absolute Gasteiger partial charge is 0.383 e. The van der Waals surface area contributed by atoms with Gasteiger partial charge in [-0.05, 0) is 12.0 Å². The van der Waals surface area contributed by atoms with Crippen LogP contribution in [-0.2, 0) is 16.0 Å². The first kappa shape index (κ1) is 14.0. The average molecular weight is 256 g/mol. The predicted molar refractivity (Wildman–Crippen MR) is 69.3 cm³/mol. The van der Waals surface area contributed by atoms with Crippen molar-refractivity contribution in [1.29, 1.82) is 0 Å². The Labute approximate surface area is 107 Å². The van der Waals surface area contributed by atoms with Gasteiger partial charge < -0.3 is 10.1 Å². The zero-order chi connectivity index (χ0) is 12.5. The summed E-state index contributed by atoms with van der Waals surface area (Å²) >= 11 is 5.71. The maximum absolute atomic E-state index is 11.6. The van der Waals surface area contributed by atoms with Gasteiger partial charge >= 0.3 is 0 Å². The second-order valence-electron chi connectivity index (χ2n) is 3.86. The second-order valence-corrected chi connectivity index (χ2v) is 4.17. The van der Waals surface area contributed by atoms with Crippen LogP contribution in [0.3, 0.4) is 0 Å². The Morgan fingerprint density at radius 1 is 1.41 bits per heavy atom. The molecule has 0 bridgehead atoms. The number of rotatable bonds is 7. The first-order chi connectivity index (χ1) is 8.26. The minimum absolute atomic E-state index is 0.0107. The van der Waals surface area contributed by atoms with E-state index in [9.17, 15) is 4.79 Å². The number of carbonyl (C=O) groups is 1. The van der Waals surface area contributed by atoms with Crippen LogP contribution in [0.25, 0.3) is 0 Å². The van der Waals surface area contributed by atoms with Gasteiger partial charge in [0.2, 0.25) is 5.91 Å². The van der Waals surface area contributed by atoms with Crippen molar-refractivity contribution < 1.29 is 9.53 Å². The molecule has 1 unspecified atom stereocenters.